The van der Waals surface area contributed by atoms with Gasteiger partial charge < -0.3 is 9.05 Å². The molecule has 3 nitrogen and oxygen atoms in total. The zero-order chi connectivity index (χ0) is 24.3. The molecule has 0 N–H and O–H groups in total. The Hall–Kier alpha value is -1.50. The van der Waals surface area contributed by atoms with Crippen molar-refractivity contribution in [2.24, 2.45) is 0 Å². The van der Waals surface area contributed by atoms with E-state index in [2.05, 4.69) is 15.9 Å². The molecule has 0 radical (unpaired) electrons. The zero-order valence-corrected chi connectivity index (χ0v) is 22.0. The van der Waals surface area contributed by atoms with Gasteiger partial charge in [-0.2, -0.15) is 21.4 Å². The van der Waals surface area contributed by atoms with Crippen molar-refractivity contribution in [1.82, 2.24) is 0 Å². The average molecular weight is 555 g/mol. The van der Waals surface area contributed by atoms with Gasteiger partial charge in [-0.05, 0) is 49.1 Å². The van der Waals surface area contributed by atoms with Crippen molar-refractivity contribution in [3.63, 3.8) is 0 Å². The zero-order valence-electron chi connectivity index (χ0n) is 18.6. The second-order valence-electron chi connectivity index (χ2n) is 7.58. The summed E-state index contributed by atoms with van der Waals surface area (Å²) in [6, 6.07) is 22.4. The summed E-state index contributed by atoms with van der Waals surface area (Å²) in [7, 11) is -4.70. The molecule has 0 aliphatic rings. The minimum absolute atomic E-state index is 0.103. The Kier molecular flexibility index (Phi) is 8.24. The molecular weight excluding hydrogens is 529 g/mol. The molecule has 3 rings (SSSR count). The van der Waals surface area contributed by atoms with Crippen molar-refractivity contribution < 1.29 is 22.4 Å². The molecular formula is C25H26BrF2O3PS. The van der Waals surface area contributed by atoms with E-state index in [1.807, 2.05) is 61.5 Å². The Labute approximate surface area is 207 Å². The van der Waals surface area contributed by atoms with Crippen LogP contribution in [0.25, 0.3) is 11.1 Å². The van der Waals surface area contributed by atoms with Gasteiger partial charge in [0.05, 0.1) is 18.0 Å². The van der Waals surface area contributed by atoms with Crippen LogP contribution < -0.4 is 0 Å². The lowest BCUT2D eigenvalue weighted by Gasteiger charge is -2.29. The van der Waals surface area contributed by atoms with Crippen LogP contribution >= 0.6 is 36.2 Å². The summed E-state index contributed by atoms with van der Waals surface area (Å²) in [5.41, 5.74) is -0.492. The van der Waals surface area contributed by atoms with Crippen LogP contribution in [0.1, 0.15) is 37.5 Å². The second kappa shape index (κ2) is 10.4. The SMILES string of the molecule is CCOP(=O)(OCC)C(F)(F)c1ccc(C(C)(S)c2ccc(-c3ccccc3)cc2)cc1Br. The molecule has 0 saturated carbocycles. The molecule has 0 amide bonds. The molecule has 0 aliphatic heterocycles. The van der Waals surface area contributed by atoms with Crippen LogP contribution in [0.3, 0.4) is 0 Å². The van der Waals surface area contributed by atoms with E-state index in [1.54, 1.807) is 12.1 Å². The van der Waals surface area contributed by atoms with E-state index >= 15 is 8.78 Å². The monoisotopic (exact) mass is 554 g/mol. The van der Waals surface area contributed by atoms with Gasteiger partial charge in [0.25, 0.3) is 0 Å². The predicted molar refractivity (Wildman–Crippen MR) is 136 cm³/mol. The van der Waals surface area contributed by atoms with Crippen LogP contribution in [-0.2, 0) is 24.0 Å². The molecule has 1 unspecified atom stereocenters. The maximum atomic E-state index is 15.2. The first kappa shape index (κ1) is 26.1. The Morgan fingerprint density at radius 2 is 1.39 bits per heavy atom. The number of hydrogen-bond acceptors (Lipinski definition) is 4. The van der Waals surface area contributed by atoms with Crippen LogP contribution in [0.5, 0.6) is 0 Å². The van der Waals surface area contributed by atoms with E-state index in [4.69, 9.17) is 21.7 Å². The fourth-order valence-corrected chi connectivity index (χ4v) is 6.17. The first-order valence-electron chi connectivity index (χ1n) is 10.5. The van der Waals surface area contributed by atoms with E-state index in [0.717, 1.165) is 16.7 Å². The van der Waals surface area contributed by atoms with Crippen LogP contribution in [0.4, 0.5) is 8.78 Å². The Morgan fingerprint density at radius 1 is 0.879 bits per heavy atom. The summed E-state index contributed by atoms with van der Waals surface area (Å²) >= 11 is 8.09. The molecule has 33 heavy (non-hydrogen) atoms. The van der Waals surface area contributed by atoms with Gasteiger partial charge in [-0.25, -0.2) is 0 Å². The summed E-state index contributed by atoms with van der Waals surface area (Å²) in [6.07, 6.45) is 0. The molecule has 0 aromatic heterocycles. The van der Waals surface area contributed by atoms with Gasteiger partial charge in [0, 0.05) is 10.0 Å². The number of thiol groups is 1. The molecule has 0 heterocycles. The molecule has 3 aromatic rings. The van der Waals surface area contributed by atoms with Gasteiger partial charge in [0.1, 0.15) is 0 Å². The van der Waals surface area contributed by atoms with Gasteiger partial charge in [-0.1, -0.05) is 82.7 Å². The van der Waals surface area contributed by atoms with E-state index in [1.165, 1.54) is 19.9 Å². The highest BCUT2D eigenvalue weighted by Gasteiger charge is 2.55. The average Bonchev–Trinajstić information content (AvgIpc) is 2.79. The number of halogens is 3. The van der Waals surface area contributed by atoms with E-state index in [0.29, 0.717) is 5.56 Å². The van der Waals surface area contributed by atoms with Gasteiger partial charge >= 0.3 is 13.3 Å². The van der Waals surface area contributed by atoms with Crippen molar-refractivity contribution in [2.45, 2.75) is 31.2 Å². The number of hydrogen-bond donors (Lipinski definition) is 1. The highest BCUT2D eigenvalue weighted by molar-refractivity contribution is 9.10. The summed E-state index contributed by atoms with van der Waals surface area (Å²) in [5.74, 6) is 0. The van der Waals surface area contributed by atoms with E-state index < -0.39 is 23.6 Å². The van der Waals surface area contributed by atoms with Crippen LogP contribution in [-0.4, -0.2) is 13.2 Å². The van der Waals surface area contributed by atoms with Gasteiger partial charge in [0.2, 0.25) is 0 Å². The molecule has 8 heteroatoms. The summed E-state index contributed by atoms with van der Waals surface area (Å²) in [5, 5.41) is 0. The lowest BCUT2D eigenvalue weighted by molar-refractivity contribution is 0.0354. The molecule has 0 spiro atoms. The molecule has 0 fully saturated rings. The maximum absolute atomic E-state index is 15.2. The largest absolute Gasteiger partial charge is 0.404 e. The highest BCUT2D eigenvalue weighted by atomic mass is 79.9. The van der Waals surface area contributed by atoms with Gasteiger partial charge in [0.15, 0.2) is 0 Å². The van der Waals surface area contributed by atoms with Crippen molar-refractivity contribution in [2.75, 3.05) is 13.2 Å². The number of alkyl halides is 2. The minimum atomic E-state index is -4.70. The summed E-state index contributed by atoms with van der Waals surface area (Å²) in [4.78, 5) is 0. The Bertz CT molecular complexity index is 1130. The predicted octanol–water partition coefficient (Wildman–Crippen LogP) is 8.62. The molecule has 3 aromatic carbocycles. The first-order chi connectivity index (χ1) is 15.6. The van der Waals surface area contributed by atoms with Crippen molar-refractivity contribution in [3.8, 4) is 11.1 Å². The Morgan fingerprint density at radius 3 is 1.91 bits per heavy atom. The fourth-order valence-electron chi connectivity index (χ4n) is 3.53. The van der Waals surface area contributed by atoms with Gasteiger partial charge in [-0.15, -0.1) is 0 Å². The first-order valence-corrected chi connectivity index (χ1v) is 13.3. The molecule has 1 atom stereocenters. The van der Waals surface area contributed by atoms with Crippen LogP contribution in [0.15, 0.2) is 77.3 Å². The van der Waals surface area contributed by atoms with E-state index in [-0.39, 0.29) is 17.7 Å². The highest BCUT2D eigenvalue weighted by Crippen LogP contribution is 2.67. The third-order valence-electron chi connectivity index (χ3n) is 5.35. The molecule has 0 bridgehead atoms. The normalized spacial score (nSPS) is 14.2. The van der Waals surface area contributed by atoms with Crippen molar-refractivity contribution >= 4 is 36.2 Å². The van der Waals surface area contributed by atoms with Gasteiger partial charge in [-0.3, -0.25) is 4.57 Å². The number of benzene rings is 3. The molecule has 0 aliphatic carbocycles. The standard InChI is InChI=1S/C25H26BrF2O3PS/c1-4-30-32(29,31-5-2)25(27,28)22-16-15-21(17-23(22)26)24(3,33)20-13-11-19(12-14-20)18-9-7-6-8-10-18/h6-17,33H,4-5H2,1-3H3. The number of rotatable bonds is 9. The van der Waals surface area contributed by atoms with Crippen LogP contribution in [0.2, 0.25) is 0 Å². The third kappa shape index (κ3) is 5.28. The second-order valence-corrected chi connectivity index (χ2v) is 11.4. The minimum Gasteiger partial charge on any atom is -0.304 e. The molecule has 0 saturated heterocycles. The lowest BCUT2D eigenvalue weighted by Crippen LogP contribution is -2.20. The third-order valence-corrected chi connectivity index (χ3v) is 8.65. The summed E-state index contributed by atoms with van der Waals surface area (Å²) < 4.78 is 52.4. The van der Waals surface area contributed by atoms with Crippen molar-refractivity contribution in [3.05, 3.63) is 94.0 Å². The quantitative estimate of drug-likeness (QED) is 0.212. The molecule has 176 valence electrons. The van der Waals surface area contributed by atoms with Crippen molar-refractivity contribution in [1.29, 1.82) is 0 Å². The van der Waals surface area contributed by atoms with E-state index in [9.17, 15) is 4.57 Å². The topological polar surface area (TPSA) is 35.5 Å². The maximum Gasteiger partial charge on any atom is 0.404 e. The van der Waals surface area contributed by atoms with Crippen LogP contribution in [0, 0.1) is 0 Å². The smallest absolute Gasteiger partial charge is 0.304 e. The Balaban J connectivity index is 1.94. The lowest BCUT2D eigenvalue weighted by atomic mass is 9.90. The fraction of sp³-hybridized carbons (Fsp3) is 0.280. The summed E-state index contributed by atoms with van der Waals surface area (Å²) in [6.45, 7) is 4.58.